The van der Waals surface area contributed by atoms with Crippen molar-refractivity contribution in [2.24, 2.45) is 5.73 Å². The third-order valence-corrected chi connectivity index (χ3v) is 9.20. The number of rotatable bonds is 37. The van der Waals surface area contributed by atoms with Crippen molar-refractivity contribution < 1.29 is 52.6 Å². The molecule has 324 valence electrons. The number of carboxylic acid groups (broad SMARTS) is 1. The average molecular weight is 822 g/mol. The van der Waals surface area contributed by atoms with Gasteiger partial charge in [-0.25, -0.2) is 4.57 Å². The Kier molecular flexibility index (Phi) is 35.9. The molecular formula is C44H72NO11P. The summed E-state index contributed by atoms with van der Waals surface area (Å²) >= 11 is 0. The highest BCUT2D eigenvalue weighted by molar-refractivity contribution is 7.47. The van der Waals surface area contributed by atoms with E-state index < -0.39 is 63.8 Å². The molecule has 0 heterocycles. The van der Waals surface area contributed by atoms with E-state index in [0.29, 0.717) is 6.42 Å². The van der Waals surface area contributed by atoms with Crippen LogP contribution in [-0.4, -0.2) is 71.1 Å². The van der Waals surface area contributed by atoms with Gasteiger partial charge in [-0.3, -0.25) is 23.4 Å². The molecule has 12 nitrogen and oxygen atoms in total. The smallest absolute Gasteiger partial charge is 0.472 e. The number of phosphoric ester groups is 1. The molecule has 4 atom stereocenters. The Hall–Kier alpha value is -3.38. The minimum atomic E-state index is -4.78. The number of carbonyl (C=O) groups excluding carboxylic acids is 2. The summed E-state index contributed by atoms with van der Waals surface area (Å²) in [5.74, 6) is -2.71. The van der Waals surface area contributed by atoms with Gasteiger partial charge in [0.25, 0.3) is 0 Å². The van der Waals surface area contributed by atoms with Crippen molar-refractivity contribution in [2.75, 3.05) is 19.8 Å². The second kappa shape index (κ2) is 38.2. The van der Waals surface area contributed by atoms with E-state index in [0.717, 1.165) is 70.6 Å². The lowest BCUT2D eigenvalue weighted by atomic mass is 10.1. The van der Waals surface area contributed by atoms with Crippen LogP contribution in [-0.2, 0) is 37.5 Å². The monoisotopic (exact) mass is 821 g/mol. The summed E-state index contributed by atoms with van der Waals surface area (Å²) in [5.41, 5.74) is 5.31. The van der Waals surface area contributed by atoms with Gasteiger partial charge in [0.05, 0.1) is 19.3 Å². The van der Waals surface area contributed by atoms with Crippen LogP contribution in [0.15, 0.2) is 85.1 Å². The summed E-state index contributed by atoms with van der Waals surface area (Å²) in [6, 6.07) is -1.56. The summed E-state index contributed by atoms with van der Waals surface area (Å²) in [4.78, 5) is 45.9. The molecular weight excluding hydrogens is 749 g/mol. The topological polar surface area (TPSA) is 192 Å². The number of carboxylic acids is 1. The number of aliphatic carboxylic acids is 1. The van der Waals surface area contributed by atoms with Crippen molar-refractivity contribution in [2.45, 2.75) is 154 Å². The van der Waals surface area contributed by atoms with Crippen LogP contribution < -0.4 is 5.73 Å². The van der Waals surface area contributed by atoms with Gasteiger partial charge in [0, 0.05) is 12.8 Å². The minimum Gasteiger partial charge on any atom is -0.480 e. The van der Waals surface area contributed by atoms with Gasteiger partial charge >= 0.3 is 25.7 Å². The summed E-state index contributed by atoms with van der Waals surface area (Å²) < 4.78 is 32.4. The molecule has 0 saturated heterocycles. The molecule has 0 aromatic heterocycles. The van der Waals surface area contributed by atoms with E-state index in [9.17, 15) is 28.9 Å². The zero-order chi connectivity index (χ0) is 42.2. The summed E-state index contributed by atoms with van der Waals surface area (Å²) in [6.07, 6.45) is 42.7. The highest BCUT2D eigenvalue weighted by Crippen LogP contribution is 2.43. The highest BCUT2D eigenvalue weighted by Gasteiger charge is 2.28. The molecule has 5 N–H and O–H groups in total. The number of allylic oxidation sites excluding steroid dienone is 13. The fraction of sp³-hybridized carbons (Fsp3) is 0.614. The number of aliphatic hydroxyl groups excluding tert-OH is 1. The minimum absolute atomic E-state index is 0.0832. The molecule has 0 saturated carbocycles. The van der Waals surface area contributed by atoms with E-state index in [1.54, 1.807) is 12.2 Å². The van der Waals surface area contributed by atoms with Crippen LogP contribution in [0.5, 0.6) is 0 Å². The second-order valence-electron chi connectivity index (χ2n) is 13.6. The zero-order valence-corrected chi connectivity index (χ0v) is 35.4. The normalized spacial score (nSPS) is 15.2. The van der Waals surface area contributed by atoms with Gasteiger partial charge in [0.15, 0.2) is 6.10 Å². The van der Waals surface area contributed by atoms with Crippen molar-refractivity contribution in [1.29, 1.82) is 0 Å². The Morgan fingerprint density at radius 3 is 1.79 bits per heavy atom. The van der Waals surface area contributed by atoms with E-state index in [4.69, 9.17) is 24.8 Å². The van der Waals surface area contributed by atoms with Crippen LogP contribution >= 0.6 is 7.82 Å². The third-order valence-electron chi connectivity index (χ3n) is 8.24. The number of esters is 2. The zero-order valence-electron chi connectivity index (χ0n) is 34.5. The number of unbranched alkanes of at least 4 members (excludes halogenated alkanes) is 9. The Bertz CT molecular complexity index is 1300. The molecule has 0 aliphatic carbocycles. The molecule has 0 aliphatic heterocycles. The molecule has 2 unspecified atom stereocenters. The quantitative estimate of drug-likeness (QED) is 0.0153. The van der Waals surface area contributed by atoms with Gasteiger partial charge in [0.1, 0.15) is 12.6 Å². The predicted molar refractivity (Wildman–Crippen MR) is 227 cm³/mol. The van der Waals surface area contributed by atoms with E-state index in [1.807, 2.05) is 12.2 Å². The maximum Gasteiger partial charge on any atom is 0.472 e. The number of carbonyl (C=O) groups is 3. The van der Waals surface area contributed by atoms with Crippen molar-refractivity contribution in [3.63, 3.8) is 0 Å². The van der Waals surface area contributed by atoms with Crippen LogP contribution in [0.3, 0.4) is 0 Å². The Morgan fingerprint density at radius 1 is 0.649 bits per heavy atom. The number of nitrogens with two attached hydrogens (primary N) is 1. The molecule has 0 aromatic rings. The fourth-order valence-corrected chi connectivity index (χ4v) is 5.71. The standard InChI is InChI=1S/C44H72NO11P/c1-3-5-7-9-11-13-15-17-18-19-21-22-24-26-28-30-32-39(46)34-35-42(47)53-36-40(37-54-57(51,52)55-38-41(45)44(49)50)56-43(48)33-31-29-27-25-23-20-16-14-12-10-8-6-4-2/h5,7,11,13-14,16-18,21-22,26,28,30,32,39-41,46H,3-4,6,8-10,12,15,19-20,23-25,27,29,31,33-38,45H2,1-2H3,(H,49,50)(H,51,52)/b7-5-,13-11-,16-14-,18-17-,22-21-,28-26-,32-30-/t39?,40-,41+/m1/s1. The molecule has 0 bridgehead atoms. The number of ether oxygens (including phenoxy) is 2. The average Bonchev–Trinajstić information content (AvgIpc) is 3.18. The van der Waals surface area contributed by atoms with E-state index in [1.165, 1.54) is 25.7 Å². The van der Waals surface area contributed by atoms with Gasteiger partial charge in [-0.1, -0.05) is 137 Å². The largest absolute Gasteiger partial charge is 0.480 e. The summed E-state index contributed by atoms with van der Waals surface area (Å²) in [7, 11) is -4.78. The number of hydrogen-bond donors (Lipinski definition) is 4. The Morgan fingerprint density at radius 2 is 1.19 bits per heavy atom. The first-order valence-corrected chi connectivity index (χ1v) is 22.2. The van der Waals surface area contributed by atoms with Crippen molar-refractivity contribution in [1.82, 2.24) is 0 Å². The molecule has 0 amide bonds. The first kappa shape index (κ1) is 53.6. The van der Waals surface area contributed by atoms with Crippen molar-refractivity contribution >= 4 is 25.7 Å². The Labute approximate surface area is 342 Å². The summed E-state index contributed by atoms with van der Waals surface area (Å²) in [6.45, 7) is 2.39. The highest BCUT2D eigenvalue weighted by atomic mass is 31.2. The predicted octanol–water partition coefficient (Wildman–Crippen LogP) is 9.69. The molecule has 0 aromatic carbocycles. The molecule has 0 aliphatic rings. The van der Waals surface area contributed by atoms with Crippen molar-refractivity contribution in [3.8, 4) is 0 Å². The van der Waals surface area contributed by atoms with Crippen LogP contribution in [0.1, 0.15) is 136 Å². The number of phosphoric acid groups is 1. The SMILES string of the molecule is CC/C=C\C/C=C\C/C=C\C/C=C\C/C=C\C=C/C(O)CCC(=O)OC[C@H](COP(=O)(O)OC[C@H](N)C(=O)O)OC(=O)CCCCCCC/C=C\CCCCCC. The molecule has 13 heteroatoms. The first-order chi connectivity index (χ1) is 27.5. The van der Waals surface area contributed by atoms with Gasteiger partial charge < -0.3 is 30.3 Å². The molecule has 0 rings (SSSR count). The molecule has 0 radical (unpaired) electrons. The van der Waals surface area contributed by atoms with Crippen molar-refractivity contribution in [3.05, 3.63) is 85.1 Å². The van der Waals surface area contributed by atoms with E-state index >= 15 is 0 Å². The summed E-state index contributed by atoms with van der Waals surface area (Å²) in [5, 5.41) is 19.1. The first-order valence-electron chi connectivity index (χ1n) is 20.7. The van der Waals surface area contributed by atoms with Crippen LogP contribution in [0.2, 0.25) is 0 Å². The number of hydrogen-bond acceptors (Lipinski definition) is 10. The maximum absolute atomic E-state index is 12.6. The lowest BCUT2D eigenvalue weighted by molar-refractivity contribution is -0.161. The van der Waals surface area contributed by atoms with E-state index in [2.05, 4.69) is 79.1 Å². The molecule has 0 fully saturated rings. The fourth-order valence-electron chi connectivity index (χ4n) is 4.93. The van der Waals surface area contributed by atoms with Crippen LogP contribution in [0.25, 0.3) is 0 Å². The third kappa shape index (κ3) is 37.9. The molecule has 57 heavy (non-hydrogen) atoms. The van der Waals surface area contributed by atoms with Crippen LogP contribution in [0, 0.1) is 0 Å². The van der Waals surface area contributed by atoms with Gasteiger partial charge in [-0.05, 0) is 70.6 Å². The lowest BCUT2D eigenvalue weighted by Crippen LogP contribution is -2.34. The molecule has 0 spiro atoms. The maximum atomic E-state index is 12.6. The number of aliphatic hydroxyl groups is 1. The van der Waals surface area contributed by atoms with Gasteiger partial charge in [-0.15, -0.1) is 0 Å². The van der Waals surface area contributed by atoms with Gasteiger partial charge in [0.2, 0.25) is 0 Å². The van der Waals surface area contributed by atoms with Crippen LogP contribution in [0.4, 0.5) is 0 Å². The van der Waals surface area contributed by atoms with E-state index in [-0.39, 0.29) is 19.3 Å². The second-order valence-corrected chi connectivity index (χ2v) is 15.0. The Balaban J connectivity index is 4.65. The van der Waals surface area contributed by atoms with Gasteiger partial charge in [-0.2, -0.15) is 0 Å². The lowest BCUT2D eigenvalue weighted by Gasteiger charge is -2.20.